The minimum atomic E-state index is 0.421. The predicted molar refractivity (Wildman–Crippen MR) is 70.2 cm³/mol. The fourth-order valence-electron chi connectivity index (χ4n) is 1.34. The summed E-state index contributed by atoms with van der Waals surface area (Å²) < 4.78 is 11.4. The SMILES string of the molecule is CCOc1ccc(-c2onc(N)c2I)cc1. The topological polar surface area (TPSA) is 61.3 Å². The third kappa shape index (κ3) is 2.13. The van der Waals surface area contributed by atoms with Crippen LogP contribution in [-0.4, -0.2) is 11.8 Å². The Labute approximate surface area is 107 Å². The number of hydrogen-bond acceptors (Lipinski definition) is 4. The summed E-state index contributed by atoms with van der Waals surface area (Å²) in [4.78, 5) is 0. The molecule has 0 fully saturated rings. The van der Waals surface area contributed by atoms with Gasteiger partial charge in [-0.1, -0.05) is 5.16 Å². The highest BCUT2D eigenvalue weighted by Gasteiger charge is 2.12. The van der Waals surface area contributed by atoms with Gasteiger partial charge >= 0.3 is 0 Å². The summed E-state index contributed by atoms with van der Waals surface area (Å²) in [5, 5.41) is 3.72. The average Bonchev–Trinajstić information content (AvgIpc) is 2.62. The summed E-state index contributed by atoms with van der Waals surface area (Å²) in [5.74, 6) is 1.96. The molecule has 1 heterocycles. The van der Waals surface area contributed by atoms with E-state index in [-0.39, 0.29) is 0 Å². The van der Waals surface area contributed by atoms with Gasteiger partial charge in [0.15, 0.2) is 11.6 Å². The highest BCUT2D eigenvalue weighted by atomic mass is 127. The number of aromatic nitrogens is 1. The second-order valence-corrected chi connectivity index (χ2v) is 4.25. The minimum absolute atomic E-state index is 0.421. The van der Waals surface area contributed by atoms with E-state index in [1.807, 2.05) is 31.2 Å². The molecule has 0 aliphatic rings. The number of anilines is 1. The lowest BCUT2D eigenvalue weighted by molar-refractivity contribution is 0.340. The summed E-state index contributed by atoms with van der Waals surface area (Å²) in [6.45, 7) is 2.61. The van der Waals surface area contributed by atoms with Crippen molar-refractivity contribution >= 4 is 28.4 Å². The molecule has 16 heavy (non-hydrogen) atoms. The van der Waals surface area contributed by atoms with Gasteiger partial charge in [0.25, 0.3) is 0 Å². The number of benzene rings is 1. The maximum absolute atomic E-state index is 5.62. The number of nitrogens with two attached hydrogens (primary N) is 1. The largest absolute Gasteiger partial charge is 0.494 e. The number of hydrogen-bond donors (Lipinski definition) is 1. The third-order valence-electron chi connectivity index (χ3n) is 2.09. The predicted octanol–water partition coefficient (Wildman–Crippen LogP) is 2.93. The molecule has 0 saturated heterocycles. The van der Waals surface area contributed by atoms with Gasteiger partial charge in [0, 0.05) is 5.56 Å². The lowest BCUT2D eigenvalue weighted by Crippen LogP contribution is -1.90. The van der Waals surface area contributed by atoms with E-state index >= 15 is 0 Å². The van der Waals surface area contributed by atoms with Gasteiger partial charge < -0.3 is 15.0 Å². The van der Waals surface area contributed by atoms with Gasteiger partial charge in [-0.25, -0.2) is 0 Å². The zero-order valence-corrected chi connectivity index (χ0v) is 10.9. The monoisotopic (exact) mass is 330 g/mol. The van der Waals surface area contributed by atoms with Gasteiger partial charge in [-0.2, -0.15) is 0 Å². The number of nitrogens with zero attached hydrogens (tertiary/aromatic N) is 1. The molecule has 2 rings (SSSR count). The highest BCUT2D eigenvalue weighted by Crippen LogP contribution is 2.29. The fraction of sp³-hybridized carbons (Fsp3) is 0.182. The van der Waals surface area contributed by atoms with Crippen LogP contribution in [0.2, 0.25) is 0 Å². The van der Waals surface area contributed by atoms with E-state index in [0.717, 1.165) is 14.9 Å². The Balaban J connectivity index is 2.31. The van der Waals surface area contributed by atoms with Crippen LogP contribution in [0.25, 0.3) is 11.3 Å². The second-order valence-electron chi connectivity index (χ2n) is 3.17. The Morgan fingerprint density at radius 3 is 2.56 bits per heavy atom. The van der Waals surface area contributed by atoms with E-state index < -0.39 is 0 Å². The first-order chi connectivity index (χ1) is 7.72. The van der Waals surface area contributed by atoms with Crippen LogP contribution in [0, 0.1) is 3.57 Å². The summed E-state index contributed by atoms with van der Waals surface area (Å²) in [5.41, 5.74) is 6.56. The smallest absolute Gasteiger partial charge is 0.182 e. The van der Waals surface area contributed by atoms with Gasteiger partial charge in [-0.3, -0.25) is 0 Å². The van der Waals surface area contributed by atoms with Crippen molar-refractivity contribution in [3.8, 4) is 17.1 Å². The lowest BCUT2D eigenvalue weighted by atomic mass is 10.2. The first-order valence-electron chi connectivity index (χ1n) is 4.86. The molecule has 1 aromatic carbocycles. The van der Waals surface area contributed by atoms with E-state index in [4.69, 9.17) is 15.0 Å². The molecule has 0 unspecified atom stereocenters. The molecule has 2 aromatic rings. The Morgan fingerprint density at radius 1 is 1.38 bits per heavy atom. The van der Waals surface area contributed by atoms with Crippen LogP contribution in [0.3, 0.4) is 0 Å². The summed E-state index contributed by atoms with van der Waals surface area (Å²) in [6.07, 6.45) is 0. The van der Waals surface area contributed by atoms with Crippen LogP contribution in [-0.2, 0) is 0 Å². The Morgan fingerprint density at radius 2 is 2.06 bits per heavy atom. The van der Waals surface area contributed by atoms with Crippen molar-refractivity contribution in [3.05, 3.63) is 27.8 Å². The van der Waals surface area contributed by atoms with Crippen LogP contribution >= 0.6 is 22.6 Å². The molecular formula is C11H11IN2O2. The van der Waals surface area contributed by atoms with Crippen molar-refractivity contribution in [1.29, 1.82) is 0 Å². The highest BCUT2D eigenvalue weighted by molar-refractivity contribution is 14.1. The Hall–Kier alpha value is -1.24. The number of nitrogen functional groups attached to an aromatic ring is 1. The molecule has 0 radical (unpaired) electrons. The van der Waals surface area contributed by atoms with Crippen molar-refractivity contribution in [2.75, 3.05) is 12.3 Å². The van der Waals surface area contributed by atoms with E-state index in [0.29, 0.717) is 18.2 Å². The standard InChI is InChI=1S/C11H11IN2O2/c1-2-15-8-5-3-7(4-6-8)10-9(12)11(13)14-16-10/h3-6H,2H2,1H3,(H2,13,14). The summed E-state index contributed by atoms with van der Waals surface area (Å²) in [7, 11) is 0. The molecule has 2 N–H and O–H groups in total. The van der Waals surface area contributed by atoms with E-state index in [1.165, 1.54) is 0 Å². The van der Waals surface area contributed by atoms with Gasteiger partial charge in [0.1, 0.15) is 9.32 Å². The molecule has 1 aromatic heterocycles. The third-order valence-corrected chi connectivity index (χ3v) is 3.13. The summed E-state index contributed by atoms with van der Waals surface area (Å²) in [6, 6.07) is 7.64. The maximum Gasteiger partial charge on any atom is 0.182 e. The van der Waals surface area contributed by atoms with E-state index in [2.05, 4.69) is 27.7 Å². The molecule has 84 valence electrons. The molecule has 5 heteroatoms. The van der Waals surface area contributed by atoms with Crippen LogP contribution in [0.4, 0.5) is 5.82 Å². The number of halogens is 1. The van der Waals surface area contributed by atoms with Gasteiger partial charge in [0.2, 0.25) is 0 Å². The zero-order chi connectivity index (χ0) is 11.5. The minimum Gasteiger partial charge on any atom is -0.494 e. The zero-order valence-electron chi connectivity index (χ0n) is 8.74. The molecule has 0 aliphatic heterocycles. The molecule has 0 amide bonds. The summed E-state index contributed by atoms with van der Waals surface area (Å²) >= 11 is 2.12. The van der Waals surface area contributed by atoms with Gasteiger partial charge in [-0.05, 0) is 53.8 Å². The first kappa shape index (κ1) is 11.3. The molecular weight excluding hydrogens is 319 g/mol. The number of ether oxygens (including phenoxy) is 1. The Bertz CT molecular complexity index is 479. The van der Waals surface area contributed by atoms with E-state index in [9.17, 15) is 0 Å². The quantitative estimate of drug-likeness (QED) is 0.879. The van der Waals surface area contributed by atoms with Crippen LogP contribution in [0.1, 0.15) is 6.92 Å². The molecule has 0 aliphatic carbocycles. The lowest BCUT2D eigenvalue weighted by Gasteiger charge is -2.02. The first-order valence-corrected chi connectivity index (χ1v) is 5.94. The van der Waals surface area contributed by atoms with Crippen molar-refractivity contribution in [1.82, 2.24) is 5.16 Å². The van der Waals surface area contributed by atoms with E-state index in [1.54, 1.807) is 0 Å². The molecule has 0 bridgehead atoms. The van der Waals surface area contributed by atoms with Gasteiger partial charge in [-0.15, -0.1) is 0 Å². The second kappa shape index (κ2) is 4.73. The number of rotatable bonds is 3. The van der Waals surface area contributed by atoms with Crippen LogP contribution in [0.15, 0.2) is 28.8 Å². The van der Waals surface area contributed by atoms with Crippen LogP contribution < -0.4 is 10.5 Å². The molecule has 4 nitrogen and oxygen atoms in total. The Kier molecular flexibility index (Phi) is 3.33. The van der Waals surface area contributed by atoms with Crippen molar-refractivity contribution in [3.63, 3.8) is 0 Å². The van der Waals surface area contributed by atoms with Crippen molar-refractivity contribution in [2.24, 2.45) is 0 Å². The molecule has 0 spiro atoms. The van der Waals surface area contributed by atoms with Crippen molar-refractivity contribution < 1.29 is 9.26 Å². The average molecular weight is 330 g/mol. The maximum atomic E-state index is 5.62. The normalized spacial score (nSPS) is 10.4. The molecule has 0 atom stereocenters. The fourth-order valence-corrected chi connectivity index (χ4v) is 1.85. The molecule has 0 saturated carbocycles. The van der Waals surface area contributed by atoms with Gasteiger partial charge in [0.05, 0.1) is 6.61 Å². The van der Waals surface area contributed by atoms with Crippen LogP contribution in [0.5, 0.6) is 5.75 Å². The van der Waals surface area contributed by atoms with Crippen molar-refractivity contribution in [2.45, 2.75) is 6.92 Å².